The highest BCUT2D eigenvalue weighted by molar-refractivity contribution is 7.13. The average molecular weight is 303 g/mol. The molecule has 2 aromatic heterocycles. The number of rotatable bonds is 2. The van der Waals surface area contributed by atoms with Crippen molar-refractivity contribution in [1.29, 1.82) is 0 Å². The van der Waals surface area contributed by atoms with E-state index in [0.717, 1.165) is 27.1 Å². The van der Waals surface area contributed by atoms with E-state index in [4.69, 9.17) is 4.42 Å². The zero-order valence-corrected chi connectivity index (χ0v) is 12.6. The van der Waals surface area contributed by atoms with Gasteiger partial charge in [-0.25, -0.2) is 4.99 Å². The molecule has 0 unspecified atom stereocenters. The van der Waals surface area contributed by atoms with Crippen molar-refractivity contribution in [2.75, 3.05) is 0 Å². The van der Waals surface area contributed by atoms with E-state index in [0.29, 0.717) is 5.55 Å². The van der Waals surface area contributed by atoms with Crippen LogP contribution >= 0.6 is 11.3 Å². The van der Waals surface area contributed by atoms with Gasteiger partial charge in [-0.2, -0.15) is 0 Å². The Morgan fingerprint density at radius 2 is 1.64 bits per heavy atom. The van der Waals surface area contributed by atoms with Crippen LogP contribution in [0.1, 0.15) is 0 Å². The third kappa shape index (κ3) is 2.47. The van der Waals surface area contributed by atoms with E-state index >= 15 is 0 Å². The summed E-state index contributed by atoms with van der Waals surface area (Å²) in [5, 5.41) is 4.20. The van der Waals surface area contributed by atoms with Crippen molar-refractivity contribution in [3.63, 3.8) is 0 Å². The number of para-hydroxylation sites is 1. The molecule has 2 aromatic carbocycles. The van der Waals surface area contributed by atoms with Crippen LogP contribution in [0.2, 0.25) is 0 Å². The zero-order chi connectivity index (χ0) is 14.8. The third-order valence-corrected chi connectivity index (χ3v) is 4.32. The summed E-state index contributed by atoms with van der Waals surface area (Å²) in [6.45, 7) is 0. The summed E-state index contributed by atoms with van der Waals surface area (Å²) >= 11 is 1.66. The van der Waals surface area contributed by atoms with Gasteiger partial charge in [0.05, 0.1) is 10.6 Å². The first-order valence-electron chi connectivity index (χ1n) is 7.07. The van der Waals surface area contributed by atoms with Crippen molar-refractivity contribution in [3.8, 4) is 10.6 Å². The van der Waals surface area contributed by atoms with Gasteiger partial charge in [0.25, 0.3) is 0 Å². The van der Waals surface area contributed by atoms with Crippen molar-refractivity contribution in [3.05, 3.63) is 83.7 Å². The zero-order valence-electron chi connectivity index (χ0n) is 11.8. The Morgan fingerprint density at radius 1 is 0.818 bits per heavy atom. The monoisotopic (exact) mass is 303 g/mol. The maximum Gasteiger partial charge on any atom is 0.227 e. The Balaban J connectivity index is 2.02. The molecule has 0 radical (unpaired) electrons. The summed E-state index contributed by atoms with van der Waals surface area (Å²) in [6, 6.07) is 24.2. The molecule has 0 saturated carbocycles. The first-order chi connectivity index (χ1) is 10.9. The largest absolute Gasteiger partial charge is 0.437 e. The van der Waals surface area contributed by atoms with Crippen LogP contribution in [0.3, 0.4) is 0 Å². The molecular weight excluding hydrogens is 290 g/mol. The van der Waals surface area contributed by atoms with Gasteiger partial charge in [-0.3, -0.25) is 0 Å². The molecule has 2 heterocycles. The van der Waals surface area contributed by atoms with Crippen LogP contribution in [0, 0.1) is 0 Å². The van der Waals surface area contributed by atoms with Gasteiger partial charge in [-0.1, -0.05) is 42.5 Å². The molecular formula is C19H13NOS. The molecule has 4 aromatic rings. The van der Waals surface area contributed by atoms with Crippen molar-refractivity contribution >= 4 is 27.8 Å². The molecule has 106 valence electrons. The van der Waals surface area contributed by atoms with E-state index in [2.05, 4.69) is 23.2 Å². The second-order valence-electron chi connectivity index (χ2n) is 4.93. The lowest BCUT2D eigenvalue weighted by Crippen LogP contribution is -2.02. The molecule has 0 N–H and O–H groups in total. The number of benzene rings is 2. The van der Waals surface area contributed by atoms with Crippen LogP contribution in [0.25, 0.3) is 21.4 Å². The Morgan fingerprint density at radius 3 is 2.45 bits per heavy atom. The minimum atomic E-state index is 0.646. The van der Waals surface area contributed by atoms with Gasteiger partial charge in [0, 0.05) is 5.39 Å². The Kier molecular flexibility index (Phi) is 3.33. The highest BCUT2D eigenvalue weighted by Gasteiger charge is 2.06. The summed E-state index contributed by atoms with van der Waals surface area (Å²) in [7, 11) is 0. The summed E-state index contributed by atoms with van der Waals surface area (Å²) in [5.41, 5.74) is 1.53. The number of hydrogen-bond acceptors (Lipinski definition) is 3. The first kappa shape index (κ1) is 13.0. The van der Waals surface area contributed by atoms with E-state index in [1.54, 1.807) is 11.3 Å². The molecule has 0 fully saturated rings. The quantitative estimate of drug-likeness (QED) is 0.487. The number of thiophene rings is 1. The van der Waals surface area contributed by atoms with Crippen LogP contribution in [-0.2, 0) is 0 Å². The second-order valence-corrected chi connectivity index (χ2v) is 5.88. The lowest BCUT2D eigenvalue weighted by molar-refractivity contribution is 0.522. The van der Waals surface area contributed by atoms with Crippen LogP contribution in [0.4, 0.5) is 5.69 Å². The Labute approximate surface area is 132 Å². The van der Waals surface area contributed by atoms with E-state index in [9.17, 15) is 0 Å². The number of hydrogen-bond donors (Lipinski definition) is 0. The Bertz CT molecular complexity index is 969. The molecule has 0 aliphatic carbocycles. The highest BCUT2D eigenvalue weighted by Crippen LogP contribution is 2.26. The molecule has 0 spiro atoms. The highest BCUT2D eigenvalue weighted by atomic mass is 32.1. The fraction of sp³-hybridized carbons (Fsp3) is 0. The first-order valence-corrected chi connectivity index (χ1v) is 7.95. The standard InChI is InChI=1S/C19H13NOS/c1-2-8-15(9-3-1)20-19-16-10-5-4-7-14(16)13-17(21-19)18-11-6-12-22-18/h1-13H. The second kappa shape index (κ2) is 5.62. The maximum atomic E-state index is 6.08. The summed E-state index contributed by atoms with van der Waals surface area (Å²) in [5.74, 6) is 0.850. The topological polar surface area (TPSA) is 25.5 Å². The molecule has 0 aliphatic heterocycles. The molecule has 0 aliphatic rings. The average Bonchev–Trinajstić information content (AvgIpc) is 3.10. The van der Waals surface area contributed by atoms with E-state index < -0.39 is 0 Å². The Hall–Kier alpha value is -2.65. The van der Waals surface area contributed by atoms with Crippen molar-refractivity contribution in [1.82, 2.24) is 0 Å². The molecule has 0 bridgehead atoms. The fourth-order valence-corrected chi connectivity index (χ4v) is 3.07. The van der Waals surface area contributed by atoms with Gasteiger partial charge in [0.15, 0.2) is 0 Å². The van der Waals surface area contributed by atoms with Crippen LogP contribution in [0.5, 0.6) is 0 Å². The van der Waals surface area contributed by atoms with E-state index in [1.807, 2.05) is 60.0 Å². The molecule has 0 saturated heterocycles. The summed E-state index contributed by atoms with van der Waals surface area (Å²) in [4.78, 5) is 5.78. The molecule has 2 nitrogen and oxygen atoms in total. The summed E-state index contributed by atoms with van der Waals surface area (Å²) in [6.07, 6.45) is 0. The predicted molar refractivity (Wildman–Crippen MR) is 91.2 cm³/mol. The van der Waals surface area contributed by atoms with Gasteiger partial charge in [-0.15, -0.1) is 11.3 Å². The molecule has 3 heteroatoms. The van der Waals surface area contributed by atoms with E-state index in [-0.39, 0.29) is 0 Å². The maximum absolute atomic E-state index is 6.08. The minimum absolute atomic E-state index is 0.646. The van der Waals surface area contributed by atoms with Crippen LogP contribution < -0.4 is 5.55 Å². The van der Waals surface area contributed by atoms with Crippen molar-refractivity contribution in [2.24, 2.45) is 4.99 Å². The normalized spacial score (nSPS) is 11.9. The minimum Gasteiger partial charge on any atom is -0.437 e. The molecule has 0 atom stereocenters. The van der Waals surface area contributed by atoms with Gasteiger partial charge in [0.2, 0.25) is 5.55 Å². The van der Waals surface area contributed by atoms with Gasteiger partial charge < -0.3 is 4.42 Å². The van der Waals surface area contributed by atoms with Crippen molar-refractivity contribution < 1.29 is 4.42 Å². The van der Waals surface area contributed by atoms with Crippen LogP contribution in [-0.4, -0.2) is 0 Å². The van der Waals surface area contributed by atoms with E-state index in [1.165, 1.54) is 0 Å². The van der Waals surface area contributed by atoms with Crippen LogP contribution in [0.15, 0.2) is 87.6 Å². The van der Waals surface area contributed by atoms with Gasteiger partial charge >= 0.3 is 0 Å². The van der Waals surface area contributed by atoms with Crippen molar-refractivity contribution in [2.45, 2.75) is 0 Å². The summed E-state index contributed by atoms with van der Waals surface area (Å²) < 4.78 is 6.08. The molecule has 0 amide bonds. The third-order valence-electron chi connectivity index (χ3n) is 3.44. The number of nitrogens with zero attached hydrogens (tertiary/aromatic N) is 1. The lowest BCUT2D eigenvalue weighted by atomic mass is 10.1. The lowest BCUT2D eigenvalue weighted by Gasteiger charge is -2.02. The SMILES string of the molecule is c1ccc(N=c2oc(-c3cccs3)cc3ccccc23)cc1. The predicted octanol–water partition coefficient (Wildman–Crippen LogP) is 5.39. The fourth-order valence-electron chi connectivity index (χ4n) is 2.39. The smallest absolute Gasteiger partial charge is 0.227 e. The van der Waals surface area contributed by atoms with Gasteiger partial charge in [0.1, 0.15) is 5.76 Å². The van der Waals surface area contributed by atoms with Gasteiger partial charge in [-0.05, 0) is 41.1 Å². The number of fused-ring (bicyclic) bond motifs is 1. The molecule has 4 rings (SSSR count). The molecule has 22 heavy (non-hydrogen) atoms.